The molecule has 0 spiro atoms. The lowest BCUT2D eigenvalue weighted by Gasteiger charge is -2.03. The second kappa shape index (κ2) is 20.7. The van der Waals surface area contributed by atoms with E-state index in [0.29, 0.717) is 0 Å². The van der Waals surface area contributed by atoms with E-state index >= 15 is 0 Å². The average molecular weight is 309 g/mol. The normalized spacial score (nSPS) is 11.5. The monoisotopic (exact) mass is 308 g/mol. The van der Waals surface area contributed by atoms with Gasteiger partial charge in [-0.3, -0.25) is 0 Å². The third-order valence-corrected chi connectivity index (χ3v) is 4.25. The van der Waals surface area contributed by atoms with Crippen molar-refractivity contribution in [1.29, 1.82) is 0 Å². The van der Waals surface area contributed by atoms with Crippen molar-refractivity contribution in [3.05, 3.63) is 12.2 Å². The molecule has 0 aromatic carbocycles. The molecule has 1 radical (unpaired) electrons. The molecule has 0 aliphatic heterocycles. The Morgan fingerprint density at radius 2 is 0.955 bits per heavy atom. The molecule has 0 aliphatic carbocycles. The molecule has 0 aliphatic rings. The lowest BCUT2D eigenvalue weighted by atomic mass is 10.1. The molecule has 0 aromatic heterocycles. The zero-order chi connectivity index (χ0) is 16.1. The SMILES string of the molecule is CCCC/C=C/CCCCCCCCCCC[N]CCCC. The van der Waals surface area contributed by atoms with E-state index in [4.69, 9.17) is 0 Å². The molecular weight excluding hydrogens is 266 g/mol. The minimum Gasteiger partial charge on any atom is -0.242 e. The van der Waals surface area contributed by atoms with Crippen molar-refractivity contribution in [2.24, 2.45) is 0 Å². The van der Waals surface area contributed by atoms with Crippen LogP contribution in [0, 0.1) is 0 Å². The fourth-order valence-electron chi connectivity index (χ4n) is 2.66. The molecule has 0 atom stereocenters. The predicted octanol–water partition coefficient (Wildman–Crippen LogP) is 7.04. The molecule has 0 aromatic rings. The van der Waals surface area contributed by atoms with Gasteiger partial charge in [0.1, 0.15) is 0 Å². The molecule has 1 heteroatoms. The summed E-state index contributed by atoms with van der Waals surface area (Å²) >= 11 is 0. The highest BCUT2D eigenvalue weighted by molar-refractivity contribution is 4.81. The highest BCUT2D eigenvalue weighted by atomic mass is 14.8. The van der Waals surface area contributed by atoms with E-state index in [-0.39, 0.29) is 0 Å². The van der Waals surface area contributed by atoms with Gasteiger partial charge in [0.15, 0.2) is 0 Å². The van der Waals surface area contributed by atoms with Gasteiger partial charge in [0.05, 0.1) is 0 Å². The Hall–Kier alpha value is -0.300. The smallest absolute Gasteiger partial charge is 0.0133 e. The summed E-state index contributed by atoms with van der Waals surface area (Å²) in [5.74, 6) is 0. The molecule has 22 heavy (non-hydrogen) atoms. The minimum atomic E-state index is 1.09. The van der Waals surface area contributed by atoms with Gasteiger partial charge in [-0.1, -0.05) is 90.2 Å². The topological polar surface area (TPSA) is 14.1 Å². The van der Waals surface area contributed by atoms with Crippen LogP contribution in [0.2, 0.25) is 0 Å². The van der Waals surface area contributed by atoms with E-state index in [1.54, 1.807) is 0 Å². The lowest BCUT2D eigenvalue weighted by Crippen LogP contribution is -2.07. The van der Waals surface area contributed by atoms with Gasteiger partial charge < -0.3 is 0 Å². The summed E-state index contributed by atoms with van der Waals surface area (Å²) in [5.41, 5.74) is 0. The van der Waals surface area contributed by atoms with Crippen LogP contribution < -0.4 is 5.32 Å². The first-order valence-corrected chi connectivity index (χ1v) is 10.2. The van der Waals surface area contributed by atoms with E-state index in [1.807, 2.05) is 0 Å². The zero-order valence-corrected chi connectivity index (χ0v) is 15.6. The molecule has 1 nitrogen and oxygen atoms in total. The summed E-state index contributed by atoms with van der Waals surface area (Å²) in [6.07, 6.45) is 25.3. The van der Waals surface area contributed by atoms with Crippen molar-refractivity contribution >= 4 is 0 Å². The summed E-state index contributed by atoms with van der Waals surface area (Å²) in [6.45, 7) is 6.69. The third-order valence-electron chi connectivity index (χ3n) is 4.25. The molecule has 0 heterocycles. The molecule has 0 amide bonds. The summed E-state index contributed by atoms with van der Waals surface area (Å²) < 4.78 is 0. The third kappa shape index (κ3) is 19.7. The molecule has 0 rings (SSSR count). The standard InChI is InChI=1S/C21H42N/c1-3-5-7-8-9-10-11-12-13-14-15-16-17-18-19-21-22-20-6-4-2/h8-9H,3-7,10-21H2,1-2H3/b9-8+. The fourth-order valence-corrected chi connectivity index (χ4v) is 2.66. The number of allylic oxidation sites excluding steroid dienone is 2. The van der Waals surface area contributed by atoms with Crippen LogP contribution >= 0.6 is 0 Å². The van der Waals surface area contributed by atoms with Gasteiger partial charge in [0.25, 0.3) is 0 Å². The predicted molar refractivity (Wildman–Crippen MR) is 102 cm³/mol. The van der Waals surface area contributed by atoms with Crippen LogP contribution in [0.1, 0.15) is 110 Å². The number of hydrogen-bond donors (Lipinski definition) is 0. The summed E-state index contributed by atoms with van der Waals surface area (Å²) in [5, 5.41) is 4.55. The van der Waals surface area contributed by atoms with Crippen LogP contribution in [-0.2, 0) is 0 Å². The van der Waals surface area contributed by atoms with E-state index in [0.717, 1.165) is 13.1 Å². The van der Waals surface area contributed by atoms with Gasteiger partial charge in [-0.2, -0.15) is 0 Å². The van der Waals surface area contributed by atoms with Gasteiger partial charge in [-0.25, -0.2) is 5.32 Å². The molecule has 0 fully saturated rings. The van der Waals surface area contributed by atoms with Crippen LogP contribution in [0.4, 0.5) is 0 Å². The zero-order valence-electron chi connectivity index (χ0n) is 15.6. The van der Waals surface area contributed by atoms with Gasteiger partial charge in [-0.05, 0) is 32.1 Å². The summed E-state index contributed by atoms with van der Waals surface area (Å²) in [4.78, 5) is 0. The second-order valence-corrected chi connectivity index (χ2v) is 6.61. The van der Waals surface area contributed by atoms with Crippen LogP contribution in [0.25, 0.3) is 0 Å². The molecule has 131 valence electrons. The van der Waals surface area contributed by atoms with E-state index in [1.165, 1.54) is 96.3 Å². The maximum absolute atomic E-state index is 4.55. The van der Waals surface area contributed by atoms with Crippen LogP contribution in [-0.4, -0.2) is 13.1 Å². The Morgan fingerprint density at radius 1 is 0.500 bits per heavy atom. The van der Waals surface area contributed by atoms with Gasteiger partial charge in [-0.15, -0.1) is 0 Å². The Bertz CT molecular complexity index is 210. The Kier molecular flexibility index (Phi) is 20.4. The van der Waals surface area contributed by atoms with E-state index in [9.17, 15) is 0 Å². The van der Waals surface area contributed by atoms with Crippen molar-refractivity contribution < 1.29 is 0 Å². The molecule has 0 N–H and O–H groups in total. The average Bonchev–Trinajstić information content (AvgIpc) is 2.54. The maximum atomic E-state index is 4.55. The lowest BCUT2D eigenvalue weighted by molar-refractivity contribution is 0.538. The molecular formula is C21H42N. The number of unbranched alkanes of at least 4 members (excludes halogenated alkanes) is 12. The van der Waals surface area contributed by atoms with Crippen LogP contribution in [0.15, 0.2) is 12.2 Å². The molecule has 0 saturated heterocycles. The molecule has 0 saturated carbocycles. The van der Waals surface area contributed by atoms with E-state index < -0.39 is 0 Å². The molecule has 0 bridgehead atoms. The van der Waals surface area contributed by atoms with Crippen molar-refractivity contribution in [2.75, 3.05) is 13.1 Å². The van der Waals surface area contributed by atoms with Crippen molar-refractivity contribution in [3.8, 4) is 0 Å². The van der Waals surface area contributed by atoms with Crippen LogP contribution in [0.5, 0.6) is 0 Å². The largest absolute Gasteiger partial charge is 0.242 e. The fraction of sp³-hybridized carbons (Fsp3) is 0.905. The maximum Gasteiger partial charge on any atom is 0.0133 e. The number of rotatable bonds is 18. The summed E-state index contributed by atoms with van der Waals surface area (Å²) in [7, 11) is 0. The van der Waals surface area contributed by atoms with Crippen molar-refractivity contribution in [1.82, 2.24) is 5.32 Å². The highest BCUT2D eigenvalue weighted by Gasteiger charge is 1.93. The first-order chi connectivity index (χ1) is 10.9. The van der Waals surface area contributed by atoms with Gasteiger partial charge in [0.2, 0.25) is 0 Å². The Balaban J connectivity index is 2.98. The quantitative estimate of drug-likeness (QED) is 0.190. The Morgan fingerprint density at radius 3 is 1.55 bits per heavy atom. The first-order valence-electron chi connectivity index (χ1n) is 10.2. The van der Waals surface area contributed by atoms with Gasteiger partial charge in [0, 0.05) is 13.1 Å². The van der Waals surface area contributed by atoms with Crippen molar-refractivity contribution in [2.45, 2.75) is 110 Å². The van der Waals surface area contributed by atoms with Crippen molar-refractivity contribution in [3.63, 3.8) is 0 Å². The highest BCUT2D eigenvalue weighted by Crippen LogP contribution is 2.11. The minimum absolute atomic E-state index is 1.09. The first kappa shape index (κ1) is 21.7. The van der Waals surface area contributed by atoms with Gasteiger partial charge >= 0.3 is 0 Å². The summed E-state index contributed by atoms with van der Waals surface area (Å²) in [6, 6.07) is 0. The second-order valence-electron chi connectivity index (χ2n) is 6.61. The Labute approximate surface area is 141 Å². The molecule has 0 unspecified atom stereocenters. The number of nitrogens with zero attached hydrogens (tertiary/aromatic N) is 1. The number of hydrogen-bond acceptors (Lipinski definition) is 0. The van der Waals surface area contributed by atoms with Crippen LogP contribution in [0.3, 0.4) is 0 Å². The van der Waals surface area contributed by atoms with E-state index in [2.05, 4.69) is 31.3 Å².